The van der Waals surface area contributed by atoms with E-state index in [0.29, 0.717) is 11.6 Å². The largest absolute Gasteiger partial charge is 0.426 e. The van der Waals surface area contributed by atoms with Crippen LogP contribution >= 0.6 is 0 Å². The molecule has 0 bridgehead atoms. The number of nitrogens with zero attached hydrogens (tertiary/aromatic N) is 1. The number of nitro groups is 1. The Balaban J connectivity index is 1.78. The Bertz CT molecular complexity index is 886. The number of esters is 1. The maximum absolute atomic E-state index is 12.7. The van der Waals surface area contributed by atoms with Crippen molar-refractivity contribution in [1.29, 1.82) is 0 Å². The minimum atomic E-state index is -0.611. The van der Waals surface area contributed by atoms with E-state index in [4.69, 9.17) is 4.74 Å². The van der Waals surface area contributed by atoms with E-state index in [-0.39, 0.29) is 17.0 Å². The average molecular weight is 382 g/mol. The number of ether oxygens (including phenoxy) is 1. The quantitative estimate of drug-likeness (QED) is 0.346. The van der Waals surface area contributed by atoms with E-state index < -0.39 is 16.8 Å². The second-order valence-electron chi connectivity index (χ2n) is 6.94. The number of amides is 1. The predicted molar refractivity (Wildman–Crippen MR) is 105 cm³/mol. The molecule has 0 spiro atoms. The van der Waals surface area contributed by atoms with Gasteiger partial charge in [0.05, 0.1) is 10.5 Å². The van der Waals surface area contributed by atoms with Crippen LogP contribution in [0, 0.1) is 10.1 Å². The van der Waals surface area contributed by atoms with Gasteiger partial charge in [0, 0.05) is 24.7 Å². The van der Waals surface area contributed by atoms with Crippen molar-refractivity contribution < 1.29 is 19.2 Å². The Hall–Kier alpha value is -3.22. The fraction of sp³-hybridized carbons (Fsp3) is 0.333. The zero-order chi connectivity index (χ0) is 20.1. The molecule has 2 aromatic carbocycles. The molecule has 146 valence electrons. The Kier molecular flexibility index (Phi) is 6.03. The highest BCUT2D eigenvalue weighted by atomic mass is 16.6. The third kappa shape index (κ3) is 4.73. The van der Waals surface area contributed by atoms with Gasteiger partial charge in [-0.15, -0.1) is 0 Å². The SMILES string of the molecule is CC(=O)Oc1ccc([N+](=O)[O-])cc1C(=O)Nc1ccc(C2CCCCC2)cc1. The van der Waals surface area contributed by atoms with Crippen molar-refractivity contribution in [2.75, 3.05) is 5.32 Å². The van der Waals surface area contributed by atoms with Crippen molar-refractivity contribution in [3.8, 4) is 5.75 Å². The molecular formula is C21H22N2O5. The van der Waals surface area contributed by atoms with Crippen molar-refractivity contribution in [3.63, 3.8) is 0 Å². The highest BCUT2D eigenvalue weighted by molar-refractivity contribution is 6.07. The van der Waals surface area contributed by atoms with E-state index in [2.05, 4.69) is 5.32 Å². The molecule has 0 saturated heterocycles. The summed E-state index contributed by atoms with van der Waals surface area (Å²) in [5.74, 6) is -0.648. The first-order valence-corrected chi connectivity index (χ1v) is 9.32. The smallest absolute Gasteiger partial charge is 0.308 e. The van der Waals surface area contributed by atoms with Crippen molar-refractivity contribution >= 4 is 23.3 Å². The summed E-state index contributed by atoms with van der Waals surface area (Å²) >= 11 is 0. The van der Waals surface area contributed by atoms with Crippen LogP contribution < -0.4 is 10.1 Å². The van der Waals surface area contributed by atoms with Crippen LogP contribution in [0.15, 0.2) is 42.5 Å². The van der Waals surface area contributed by atoms with Gasteiger partial charge in [0.25, 0.3) is 11.6 Å². The van der Waals surface area contributed by atoms with Crippen LogP contribution in [0.4, 0.5) is 11.4 Å². The van der Waals surface area contributed by atoms with Gasteiger partial charge in [-0.3, -0.25) is 19.7 Å². The van der Waals surface area contributed by atoms with E-state index in [9.17, 15) is 19.7 Å². The molecular weight excluding hydrogens is 360 g/mol. The highest BCUT2D eigenvalue weighted by Gasteiger charge is 2.20. The van der Waals surface area contributed by atoms with Gasteiger partial charge in [0.1, 0.15) is 5.75 Å². The zero-order valence-corrected chi connectivity index (χ0v) is 15.6. The van der Waals surface area contributed by atoms with Crippen LogP contribution in [0.3, 0.4) is 0 Å². The Morgan fingerprint density at radius 3 is 2.36 bits per heavy atom. The molecule has 1 amide bonds. The lowest BCUT2D eigenvalue weighted by atomic mass is 9.84. The molecule has 0 heterocycles. The third-order valence-corrected chi connectivity index (χ3v) is 4.92. The summed E-state index contributed by atoms with van der Waals surface area (Å²) in [6.45, 7) is 1.20. The molecule has 0 atom stereocenters. The molecule has 1 N–H and O–H groups in total. The van der Waals surface area contributed by atoms with Gasteiger partial charge in [0.15, 0.2) is 0 Å². The summed E-state index contributed by atoms with van der Waals surface area (Å²) in [5.41, 5.74) is 1.51. The molecule has 1 aliphatic carbocycles. The summed E-state index contributed by atoms with van der Waals surface area (Å²) in [6, 6.07) is 11.2. The van der Waals surface area contributed by atoms with Crippen molar-refractivity contribution in [1.82, 2.24) is 0 Å². The molecule has 1 fully saturated rings. The summed E-state index contributed by atoms with van der Waals surface area (Å²) in [7, 11) is 0. The van der Waals surface area contributed by atoms with Gasteiger partial charge in [-0.25, -0.2) is 0 Å². The molecule has 0 radical (unpaired) electrons. The lowest BCUT2D eigenvalue weighted by Gasteiger charge is -2.22. The van der Waals surface area contributed by atoms with Crippen LogP contribution in [0.1, 0.15) is 60.9 Å². The molecule has 0 aliphatic heterocycles. The number of nitrogens with one attached hydrogen (secondary N) is 1. The average Bonchev–Trinajstić information content (AvgIpc) is 2.69. The second-order valence-corrected chi connectivity index (χ2v) is 6.94. The minimum absolute atomic E-state index is 0.0191. The van der Waals surface area contributed by atoms with Crippen molar-refractivity contribution in [2.24, 2.45) is 0 Å². The van der Waals surface area contributed by atoms with E-state index in [1.54, 1.807) is 0 Å². The number of non-ortho nitro benzene ring substituents is 1. The molecule has 1 aliphatic rings. The monoisotopic (exact) mass is 382 g/mol. The number of hydrogen-bond donors (Lipinski definition) is 1. The van der Waals surface area contributed by atoms with Gasteiger partial charge < -0.3 is 10.1 Å². The fourth-order valence-electron chi connectivity index (χ4n) is 3.53. The van der Waals surface area contributed by atoms with Crippen LogP contribution in [-0.4, -0.2) is 16.8 Å². The van der Waals surface area contributed by atoms with Crippen molar-refractivity contribution in [3.05, 3.63) is 63.7 Å². The third-order valence-electron chi connectivity index (χ3n) is 4.92. The normalized spacial score (nSPS) is 14.3. The Morgan fingerprint density at radius 2 is 1.75 bits per heavy atom. The van der Waals surface area contributed by atoms with E-state index in [1.165, 1.54) is 56.7 Å². The molecule has 0 unspecified atom stereocenters. The van der Waals surface area contributed by atoms with Gasteiger partial charge >= 0.3 is 5.97 Å². The lowest BCUT2D eigenvalue weighted by molar-refractivity contribution is -0.384. The predicted octanol–water partition coefficient (Wildman–Crippen LogP) is 4.82. The maximum Gasteiger partial charge on any atom is 0.308 e. The first-order chi connectivity index (χ1) is 13.4. The number of nitro benzene ring substituents is 1. The van der Waals surface area contributed by atoms with Crippen LogP contribution in [0.2, 0.25) is 0 Å². The number of benzene rings is 2. The molecule has 7 nitrogen and oxygen atoms in total. The van der Waals surface area contributed by atoms with Gasteiger partial charge in [-0.2, -0.15) is 0 Å². The highest BCUT2D eigenvalue weighted by Crippen LogP contribution is 2.33. The van der Waals surface area contributed by atoms with Crippen molar-refractivity contribution in [2.45, 2.75) is 44.9 Å². The zero-order valence-electron chi connectivity index (χ0n) is 15.6. The van der Waals surface area contributed by atoms with Gasteiger partial charge in [0.2, 0.25) is 0 Å². The molecule has 28 heavy (non-hydrogen) atoms. The maximum atomic E-state index is 12.7. The number of rotatable bonds is 5. The van der Waals surface area contributed by atoms with E-state index in [1.807, 2.05) is 24.3 Å². The Morgan fingerprint density at radius 1 is 1.07 bits per heavy atom. The molecule has 7 heteroatoms. The summed E-state index contributed by atoms with van der Waals surface area (Å²) in [5, 5.41) is 13.7. The second kappa shape index (κ2) is 8.65. The first kappa shape index (κ1) is 19.5. The number of hydrogen-bond acceptors (Lipinski definition) is 5. The number of anilines is 1. The standard InChI is InChI=1S/C21H22N2O5/c1-14(24)28-20-12-11-18(23(26)27)13-19(20)21(25)22-17-9-7-16(8-10-17)15-5-3-2-4-6-15/h7-13,15H,2-6H2,1H3,(H,22,25). The summed E-state index contributed by atoms with van der Waals surface area (Å²) in [4.78, 5) is 34.3. The van der Waals surface area contributed by atoms with Crippen LogP contribution in [0.25, 0.3) is 0 Å². The topological polar surface area (TPSA) is 98.5 Å². The molecule has 0 aromatic heterocycles. The van der Waals surface area contributed by atoms with Gasteiger partial charge in [-0.05, 0) is 42.5 Å². The van der Waals surface area contributed by atoms with E-state index in [0.717, 1.165) is 6.07 Å². The molecule has 1 saturated carbocycles. The number of carbonyl (C=O) groups is 2. The first-order valence-electron chi connectivity index (χ1n) is 9.32. The summed E-state index contributed by atoms with van der Waals surface area (Å²) in [6.07, 6.45) is 6.15. The van der Waals surface area contributed by atoms with E-state index >= 15 is 0 Å². The van der Waals surface area contributed by atoms with Crippen LogP contribution in [0.5, 0.6) is 5.75 Å². The molecule has 2 aromatic rings. The minimum Gasteiger partial charge on any atom is -0.426 e. The lowest BCUT2D eigenvalue weighted by Crippen LogP contribution is -2.15. The number of carbonyl (C=O) groups excluding carboxylic acids is 2. The van der Waals surface area contributed by atoms with Crippen LogP contribution in [-0.2, 0) is 4.79 Å². The fourth-order valence-corrected chi connectivity index (χ4v) is 3.53. The summed E-state index contributed by atoms with van der Waals surface area (Å²) < 4.78 is 5.02. The molecule has 3 rings (SSSR count). The Labute approximate surface area is 162 Å². The van der Waals surface area contributed by atoms with Gasteiger partial charge in [-0.1, -0.05) is 31.4 Å².